The summed E-state index contributed by atoms with van der Waals surface area (Å²) in [7, 11) is 0. The van der Waals surface area contributed by atoms with Crippen LogP contribution in [0.2, 0.25) is 10.0 Å². The van der Waals surface area contributed by atoms with Crippen molar-refractivity contribution in [1.82, 2.24) is 20.1 Å². The van der Waals surface area contributed by atoms with Gasteiger partial charge >= 0.3 is 0 Å². The van der Waals surface area contributed by atoms with Crippen molar-refractivity contribution in [3.63, 3.8) is 0 Å². The monoisotopic (exact) mass is 477 g/mol. The third-order valence-corrected chi connectivity index (χ3v) is 5.83. The molecule has 2 amide bonds. The lowest BCUT2D eigenvalue weighted by Crippen LogP contribution is -2.28. The molecule has 2 N–H and O–H groups in total. The maximum absolute atomic E-state index is 12.5. The lowest BCUT2D eigenvalue weighted by atomic mass is 10.2. The fourth-order valence-corrected chi connectivity index (χ4v) is 3.89. The number of nitrogens with one attached hydrogen (secondary N) is 2. The molecule has 0 saturated carbocycles. The second kappa shape index (κ2) is 10.7. The molecule has 0 bridgehead atoms. The van der Waals surface area contributed by atoms with Crippen LogP contribution in [-0.2, 0) is 11.3 Å². The van der Waals surface area contributed by atoms with E-state index in [1.54, 1.807) is 48.5 Å². The number of hydrogen-bond acceptors (Lipinski definition) is 5. The first-order chi connectivity index (χ1) is 14.9. The van der Waals surface area contributed by atoms with E-state index in [2.05, 4.69) is 20.8 Å². The highest BCUT2D eigenvalue weighted by Crippen LogP contribution is 2.22. The number of thioether (sulfide) groups is 1. The first-order valence-electron chi connectivity index (χ1n) is 9.55. The van der Waals surface area contributed by atoms with Gasteiger partial charge in [-0.3, -0.25) is 9.59 Å². The molecule has 0 saturated heterocycles. The van der Waals surface area contributed by atoms with Gasteiger partial charge in [-0.15, -0.1) is 10.2 Å². The summed E-state index contributed by atoms with van der Waals surface area (Å²) in [6.07, 6.45) is 0. The third-order valence-electron chi connectivity index (χ3n) is 4.36. The fourth-order valence-electron chi connectivity index (χ4n) is 2.83. The smallest absolute Gasteiger partial charge is 0.251 e. The van der Waals surface area contributed by atoms with Crippen molar-refractivity contribution >= 4 is 52.5 Å². The van der Waals surface area contributed by atoms with Gasteiger partial charge in [0, 0.05) is 27.8 Å². The number of rotatable bonds is 8. The Bertz CT molecular complexity index is 1050. The van der Waals surface area contributed by atoms with Crippen LogP contribution in [-0.4, -0.2) is 32.3 Å². The Hall–Kier alpha value is -2.55. The average Bonchev–Trinajstić information content (AvgIpc) is 3.17. The van der Waals surface area contributed by atoms with Crippen LogP contribution < -0.4 is 10.6 Å². The van der Waals surface area contributed by atoms with Crippen molar-refractivity contribution in [2.24, 2.45) is 0 Å². The molecular formula is C21H21Cl2N5O2S. The van der Waals surface area contributed by atoms with Crippen LogP contribution in [0.25, 0.3) is 0 Å². The first kappa shape index (κ1) is 23.1. The summed E-state index contributed by atoms with van der Waals surface area (Å²) in [5.74, 6) is 0.395. The van der Waals surface area contributed by atoms with Crippen molar-refractivity contribution in [2.75, 3.05) is 11.1 Å². The molecule has 1 heterocycles. The van der Waals surface area contributed by atoms with Crippen LogP contribution in [0.15, 0.2) is 53.7 Å². The minimum Gasteiger partial charge on any atom is -0.342 e. The number of nitrogens with zero attached hydrogens (tertiary/aromatic N) is 3. The Morgan fingerprint density at radius 2 is 1.65 bits per heavy atom. The van der Waals surface area contributed by atoms with E-state index in [0.29, 0.717) is 38.8 Å². The minimum atomic E-state index is -0.368. The molecule has 0 unspecified atom stereocenters. The number of halogens is 2. The lowest BCUT2D eigenvalue weighted by Gasteiger charge is -2.15. The van der Waals surface area contributed by atoms with Crippen molar-refractivity contribution in [2.45, 2.75) is 31.6 Å². The molecule has 31 heavy (non-hydrogen) atoms. The van der Waals surface area contributed by atoms with Crippen LogP contribution in [0.1, 0.15) is 36.1 Å². The summed E-state index contributed by atoms with van der Waals surface area (Å²) >= 11 is 13.0. The molecule has 162 valence electrons. The fraction of sp³-hybridized carbons (Fsp3) is 0.238. The number of carbonyl (C=O) groups is 2. The Morgan fingerprint density at radius 3 is 2.26 bits per heavy atom. The van der Waals surface area contributed by atoms with Crippen LogP contribution >= 0.6 is 35.0 Å². The largest absolute Gasteiger partial charge is 0.342 e. The van der Waals surface area contributed by atoms with E-state index in [1.165, 1.54) is 11.8 Å². The van der Waals surface area contributed by atoms with Crippen LogP contribution in [0, 0.1) is 0 Å². The molecule has 1 aromatic heterocycles. The van der Waals surface area contributed by atoms with Crippen molar-refractivity contribution in [3.05, 3.63) is 70.0 Å². The maximum Gasteiger partial charge on any atom is 0.251 e. The molecule has 0 aliphatic carbocycles. The van der Waals surface area contributed by atoms with Crippen molar-refractivity contribution in [1.29, 1.82) is 0 Å². The minimum absolute atomic E-state index is 0.163. The topological polar surface area (TPSA) is 88.9 Å². The highest BCUT2D eigenvalue weighted by atomic mass is 35.5. The molecule has 7 nitrogen and oxygen atoms in total. The van der Waals surface area contributed by atoms with Gasteiger partial charge in [-0.2, -0.15) is 0 Å². The Morgan fingerprint density at radius 1 is 1.03 bits per heavy atom. The van der Waals surface area contributed by atoms with Gasteiger partial charge in [0.25, 0.3) is 5.91 Å². The van der Waals surface area contributed by atoms with Crippen LogP contribution in [0.3, 0.4) is 0 Å². The van der Waals surface area contributed by atoms with E-state index < -0.39 is 0 Å². The zero-order valence-electron chi connectivity index (χ0n) is 16.9. The van der Waals surface area contributed by atoms with Gasteiger partial charge in [0.2, 0.25) is 5.91 Å². The standard InChI is InChI=1S/C21H21Cl2N5O2S/c1-3-28-19(13(2)24-20(30)14-4-6-15(22)7-5-14)26-27-21(28)31-12-18(29)25-17-10-8-16(23)9-11-17/h4-11,13H,3,12H2,1-2H3,(H,24,30)(H,25,29)/t13-/m1/s1. The summed E-state index contributed by atoms with van der Waals surface area (Å²) in [5.41, 5.74) is 1.18. The van der Waals surface area contributed by atoms with E-state index in [4.69, 9.17) is 23.2 Å². The predicted molar refractivity (Wildman–Crippen MR) is 124 cm³/mol. The predicted octanol–water partition coefficient (Wildman–Crippen LogP) is 4.83. The number of anilines is 1. The van der Waals surface area contributed by atoms with E-state index in [1.807, 2.05) is 18.4 Å². The van der Waals surface area contributed by atoms with Gasteiger partial charge in [0.05, 0.1) is 11.8 Å². The highest BCUT2D eigenvalue weighted by molar-refractivity contribution is 7.99. The molecule has 0 spiro atoms. The van der Waals surface area contributed by atoms with E-state index in [9.17, 15) is 9.59 Å². The summed E-state index contributed by atoms with van der Waals surface area (Å²) < 4.78 is 1.88. The summed E-state index contributed by atoms with van der Waals surface area (Å²) in [6.45, 7) is 4.40. The molecule has 0 radical (unpaired) electrons. The second-order valence-corrected chi connectivity index (χ2v) is 8.45. The summed E-state index contributed by atoms with van der Waals surface area (Å²) in [5, 5.41) is 15.9. The zero-order chi connectivity index (χ0) is 22.4. The number of benzene rings is 2. The Balaban J connectivity index is 1.61. The molecule has 0 aliphatic rings. The normalized spacial score (nSPS) is 11.7. The number of carbonyl (C=O) groups excluding carboxylic acids is 2. The van der Waals surface area contributed by atoms with Gasteiger partial charge in [0.15, 0.2) is 11.0 Å². The van der Waals surface area contributed by atoms with Crippen molar-refractivity contribution in [3.8, 4) is 0 Å². The molecule has 3 rings (SSSR count). The van der Waals surface area contributed by atoms with Crippen LogP contribution in [0.4, 0.5) is 5.69 Å². The van der Waals surface area contributed by atoms with E-state index in [-0.39, 0.29) is 23.6 Å². The second-order valence-electron chi connectivity index (χ2n) is 6.63. The molecule has 2 aromatic carbocycles. The molecule has 3 aromatic rings. The van der Waals surface area contributed by atoms with Gasteiger partial charge < -0.3 is 15.2 Å². The number of hydrogen-bond donors (Lipinski definition) is 2. The van der Waals surface area contributed by atoms with Crippen LogP contribution in [0.5, 0.6) is 0 Å². The lowest BCUT2D eigenvalue weighted by molar-refractivity contribution is -0.113. The van der Waals surface area contributed by atoms with Gasteiger partial charge in [-0.1, -0.05) is 35.0 Å². The molecule has 1 atom stereocenters. The van der Waals surface area contributed by atoms with Gasteiger partial charge in [-0.05, 0) is 62.4 Å². The first-order valence-corrected chi connectivity index (χ1v) is 11.3. The number of aromatic nitrogens is 3. The number of amides is 2. The van der Waals surface area contributed by atoms with Gasteiger partial charge in [0.1, 0.15) is 0 Å². The molecule has 0 fully saturated rings. The Kier molecular flexibility index (Phi) is 7.95. The summed E-state index contributed by atoms with van der Waals surface area (Å²) in [6, 6.07) is 13.2. The molecule has 10 heteroatoms. The highest BCUT2D eigenvalue weighted by Gasteiger charge is 2.20. The molecule has 0 aliphatic heterocycles. The zero-order valence-corrected chi connectivity index (χ0v) is 19.3. The quantitative estimate of drug-likeness (QED) is 0.453. The maximum atomic E-state index is 12.5. The van der Waals surface area contributed by atoms with E-state index in [0.717, 1.165) is 0 Å². The third kappa shape index (κ3) is 6.22. The summed E-state index contributed by atoms with van der Waals surface area (Å²) in [4.78, 5) is 24.7. The van der Waals surface area contributed by atoms with E-state index >= 15 is 0 Å². The average molecular weight is 478 g/mol. The SMILES string of the molecule is CCn1c(SCC(=O)Nc2ccc(Cl)cc2)nnc1[C@@H](C)NC(=O)c1ccc(Cl)cc1. The van der Waals surface area contributed by atoms with Gasteiger partial charge in [-0.25, -0.2) is 0 Å². The van der Waals surface area contributed by atoms with Crippen molar-refractivity contribution < 1.29 is 9.59 Å². The molecular weight excluding hydrogens is 457 g/mol. The Labute approximate surface area is 194 Å².